The molecule has 0 aliphatic heterocycles. The molecule has 2 aromatic rings. The van der Waals surface area contributed by atoms with Crippen molar-refractivity contribution in [3.63, 3.8) is 0 Å². The maximum Gasteiger partial charge on any atom is 0.355 e. The Bertz CT molecular complexity index is 584. The van der Waals surface area contributed by atoms with Crippen LogP contribution in [0.5, 0.6) is 0 Å². The normalized spacial score (nSPS) is 10.7. The number of aliphatic hydroxyl groups is 1. The number of carbonyl (C=O) groups is 1. The predicted octanol–water partition coefficient (Wildman–Crippen LogP) is -2.67. The Morgan fingerprint density at radius 3 is 2.93 bits per heavy atom. The lowest BCUT2D eigenvalue weighted by molar-refractivity contribution is 0.0988. The summed E-state index contributed by atoms with van der Waals surface area (Å²) in [4.78, 5) is 26.1. The van der Waals surface area contributed by atoms with Gasteiger partial charge < -0.3 is 10.8 Å². The standard InChI is InChI=1S/C6H6N6O3/c7-4(14)5-8-1-3-9-10-11(2-13)6(15)12(3)5/h1,13H,2H2,(H2,7,14). The molecule has 9 heteroatoms. The number of carbonyl (C=O) groups excluding carboxylic acids is 1. The number of hydrogen-bond donors (Lipinski definition) is 2. The van der Waals surface area contributed by atoms with Gasteiger partial charge in [-0.15, -0.1) is 5.10 Å². The van der Waals surface area contributed by atoms with Crippen molar-refractivity contribution < 1.29 is 9.90 Å². The Morgan fingerprint density at radius 2 is 2.33 bits per heavy atom. The zero-order chi connectivity index (χ0) is 11.0. The van der Waals surface area contributed by atoms with Crippen LogP contribution >= 0.6 is 0 Å². The van der Waals surface area contributed by atoms with Crippen LogP contribution < -0.4 is 11.4 Å². The highest BCUT2D eigenvalue weighted by Gasteiger charge is 2.14. The molecule has 3 N–H and O–H groups in total. The van der Waals surface area contributed by atoms with Crippen molar-refractivity contribution >= 4 is 11.6 Å². The number of nitrogens with zero attached hydrogens (tertiary/aromatic N) is 5. The van der Waals surface area contributed by atoms with Gasteiger partial charge in [-0.2, -0.15) is 4.68 Å². The minimum atomic E-state index is -0.857. The van der Waals surface area contributed by atoms with Crippen molar-refractivity contribution in [2.75, 3.05) is 0 Å². The largest absolute Gasteiger partial charge is 0.374 e. The minimum absolute atomic E-state index is 0.0958. The number of primary amides is 1. The van der Waals surface area contributed by atoms with E-state index in [0.717, 1.165) is 4.40 Å². The molecule has 0 unspecified atom stereocenters. The van der Waals surface area contributed by atoms with E-state index in [9.17, 15) is 9.59 Å². The molecule has 0 aliphatic rings. The summed E-state index contributed by atoms with van der Waals surface area (Å²) in [6, 6.07) is 0. The summed E-state index contributed by atoms with van der Waals surface area (Å²) < 4.78 is 1.55. The number of nitrogens with two attached hydrogens (primary N) is 1. The molecule has 0 aliphatic carbocycles. The van der Waals surface area contributed by atoms with Crippen molar-refractivity contribution in [3.05, 3.63) is 22.5 Å². The summed E-state index contributed by atoms with van der Waals surface area (Å²) in [5.74, 6) is -1.10. The number of hydrogen-bond acceptors (Lipinski definition) is 6. The van der Waals surface area contributed by atoms with Crippen LogP contribution in [0.4, 0.5) is 0 Å². The Labute approximate surface area is 81.8 Å². The van der Waals surface area contributed by atoms with E-state index in [0.29, 0.717) is 4.68 Å². The van der Waals surface area contributed by atoms with Gasteiger partial charge in [0, 0.05) is 0 Å². The molecule has 0 bridgehead atoms. The quantitative estimate of drug-likeness (QED) is 0.556. The fourth-order valence-corrected chi connectivity index (χ4v) is 1.12. The lowest BCUT2D eigenvalue weighted by atomic mass is 10.6. The minimum Gasteiger partial charge on any atom is -0.374 e. The molecule has 0 atom stereocenters. The van der Waals surface area contributed by atoms with E-state index in [4.69, 9.17) is 10.8 Å². The summed E-state index contributed by atoms with van der Waals surface area (Å²) in [6.45, 7) is -0.641. The van der Waals surface area contributed by atoms with Gasteiger partial charge >= 0.3 is 5.69 Å². The summed E-state index contributed by atoms with van der Waals surface area (Å²) in [7, 11) is 0. The summed E-state index contributed by atoms with van der Waals surface area (Å²) >= 11 is 0. The van der Waals surface area contributed by atoms with Gasteiger partial charge in [-0.05, 0) is 0 Å². The van der Waals surface area contributed by atoms with E-state index in [1.165, 1.54) is 6.20 Å². The van der Waals surface area contributed by atoms with Crippen molar-refractivity contribution in [1.29, 1.82) is 0 Å². The van der Waals surface area contributed by atoms with Crippen molar-refractivity contribution in [1.82, 2.24) is 24.4 Å². The molecule has 2 heterocycles. The molecule has 1 amide bonds. The molecule has 0 fully saturated rings. The average Bonchev–Trinajstić information content (AvgIpc) is 2.63. The first-order valence-corrected chi connectivity index (χ1v) is 3.87. The number of imidazole rings is 1. The summed E-state index contributed by atoms with van der Waals surface area (Å²) in [5, 5.41) is 15.7. The molecular weight excluding hydrogens is 204 g/mol. The third-order valence-electron chi connectivity index (χ3n) is 1.76. The van der Waals surface area contributed by atoms with Crippen LogP contribution in [0.25, 0.3) is 5.65 Å². The second kappa shape index (κ2) is 3.13. The second-order valence-corrected chi connectivity index (χ2v) is 2.65. The van der Waals surface area contributed by atoms with Crippen molar-refractivity contribution in [3.8, 4) is 0 Å². The lowest BCUT2D eigenvalue weighted by Crippen LogP contribution is -2.32. The first-order chi connectivity index (χ1) is 7.15. The van der Waals surface area contributed by atoms with Crippen LogP contribution in [0.1, 0.15) is 10.6 Å². The zero-order valence-electron chi connectivity index (χ0n) is 7.36. The Morgan fingerprint density at radius 1 is 1.60 bits per heavy atom. The number of aromatic nitrogens is 5. The van der Waals surface area contributed by atoms with Gasteiger partial charge in [0.2, 0.25) is 5.82 Å². The van der Waals surface area contributed by atoms with Gasteiger partial charge in [0.05, 0.1) is 6.20 Å². The fourth-order valence-electron chi connectivity index (χ4n) is 1.12. The highest BCUT2D eigenvalue weighted by atomic mass is 16.3. The van der Waals surface area contributed by atoms with Gasteiger partial charge in [-0.25, -0.2) is 14.2 Å². The third kappa shape index (κ3) is 1.25. The molecular formula is C6H6N6O3. The molecule has 2 rings (SSSR count). The second-order valence-electron chi connectivity index (χ2n) is 2.65. The van der Waals surface area contributed by atoms with Gasteiger partial charge in [0.1, 0.15) is 6.73 Å². The molecule has 78 valence electrons. The molecule has 0 spiro atoms. The Hall–Kier alpha value is -2.29. The van der Waals surface area contributed by atoms with Crippen LogP contribution in [0, 0.1) is 0 Å². The molecule has 0 aromatic carbocycles. The molecule has 0 saturated carbocycles. The number of aliphatic hydroxyl groups excluding tert-OH is 1. The molecule has 15 heavy (non-hydrogen) atoms. The highest BCUT2D eigenvalue weighted by Crippen LogP contribution is 1.97. The van der Waals surface area contributed by atoms with Crippen molar-refractivity contribution in [2.45, 2.75) is 6.73 Å². The highest BCUT2D eigenvalue weighted by molar-refractivity contribution is 5.89. The predicted molar refractivity (Wildman–Crippen MR) is 45.8 cm³/mol. The maximum absolute atomic E-state index is 11.6. The first kappa shape index (κ1) is 9.27. The molecule has 0 radical (unpaired) electrons. The Balaban J connectivity index is 2.88. The van der Waals surface area contributed by atoms with Crippen LogP contribution in [-0.2, 0) is 6.73 Å². The smallest absolute Gasteiger partial charge is 0.355 e. The third-order valence-corrected chi connectivity index (χ3v) is 1.76. The van der Waals surface area contributed by atoms with E-state index in [2.05, 4.69) is 15.3 Å². The monoisotopic (exact) mass is 210 g/mol. The molecule has 0 saturated heterocycles. The van der Waals surface area contributed by atoms with E-state index >= 15 is 0 Å². The molecule has 2 aromatic heterocycles. The maximum atomic E-state index is 11.6. The van der Waals surface area contributed by atoms with E-state index in [1.807, 2.05) is 0 Å². The van der Waals surface area contributed by atoms with Crippen molar-refractivity contribution in [2.24, 2.45) is 5.73 Å². The van der Waals surface area contributed by atoms with Gasteiger partial charge in [0.25, 0.3) is 5.91 Å². The number of fused-ring (bicyclic) bond motifs is 1. The van der Waals surface area contributed by atoms with Crippen LogP contribution in [0.2, 0.25) is 0 Å². The van der Waals surface area contributed by atoms with Gasteiger partial charge in [-0.1, -0.05) is 5.21 Å². The lowest BCUT2D eigenvalue weighted by Gasteiger charge is -1.99. The zero-order valence-corrected chi connectivity index (χ0v) is 7.36. The summed E-state index contributed by atoms with van der Waals surface area (Å²) in [5.41, 5.74) is 4.37. The Kier molecular flexibility index (Phi) is 1.94. The van der Waals surface area contributed by atoms with Gasteiger partial charge in [-0.3, -0.25) is 4.79 Å². The molecule has 9 nitrogen and oxygen atoms in total. The van der Waals surface area contributed by atoms with E-state index in [1.54, 1.807) is 0 Å². The SMILES string of the molecule is NC(=O)c1ncc2nnn(CO)c(=O)n12. The number of rotatable bonds is 2. The van der Waals surface area contributed by atoms with E-state index < -0.39 is 18.3 Å². The number of amides is 1. The van der Waals surface area contributed by atoms with Crippen LogP contribution in [0.15, 0.2) is 11.0 Å². The summed E-state index contributed by atoms with van der Waals surface area (Å²) in [6.07, 6.45) is 1.19. The average molecular weight is 210 g/mol. The topological polar surface area (TPSA) is 128 Å². The first-order valence-electron chi connectivity index (χ1n) is 3.87. The van der Waals surface area contributed by atoms with E-state index in [-0.39, 0.29) is 11.5 Å². The van der Waals surface area contributed by atoms with Crippen LogP contribution in [0.3, 0.4) is 0 Å². The van der Waals surface area contributed by atoms with Gasteiger partial charge in [0.15, 0.2) is 5.65 Å². The van der Waals surface area contributed by atoms with Crippen LogP contribution in [-0.4, -0.2) is 35.4 Å². The fraction of sp³-hybridized carbons (Fsp3) is 0.167.